The second-order valence-corrected chi connectivity index (χ2v) is 7.24. The molecule has 0 bridgehead atoms. The first-order chi connectivity index (χ1) is 11.6. The van der Waals surface area contributed by atoms with Crippen LogP contribution >= 0.6 is 0 Å². The first kappa shape index (κ1) is 20.4. The Labute approximate surface area is 146 Å². The van der Waals surface area contributed by atoms with E-state index in [0.29, 0.717) is 0 Å². The van der Waals surface area contributed by atoms with Gasteiger partial charge in [0, 0.05) is 6.04 Å². The molecule has 0 atom stereocenters. The number of rotatable bonds is 8. The summed E-state index contributed by atoms with van der Waals surface area (Å²) < 4.78 is 29.6. The lowest BCUT2D eigenvalue weighted by Gasteiger charge is -2.11. The summed E-state index contributed by atoms with van der Waals surface area (Å²) in [5.74, 6) is -1.88. The van der Waals surface area contributed by atoms with Crippen molar-refractivity contribution < 1.29 is 27.5 Å². The van der Waals surface area contributed by atoms with Crippen molar-refractivity contribution in [1.82, 2.24) is 10.6 Å². The highest BCUT2D eigenvalue weighted by Gasteiger charge is 2.16. The molecule has 1 rings (SSSR count). The lowest BCUT2D eigenvalue weighted by atomic mass is 10.2. The summed E-state index contributed by atoms with van der Waals surface area (Å²) in [5, 5.41) is 4.90. The number of hydrogen-bond donors (Lipinski definition) is 3. The summed E-state index contributed by atoms with van der Waals surface area (Å²) in [7, 11) is -3.57. The third-order valence-corrected chi connectivity index (χ3v) is 3.26. The molecule has 0 aromatic heterocycles. The molecule has 0 saturated carbocycles. The number of sulfonamides is 1. The van der Waals surface area contributed by atoms with E-state index in [9.17, 15) is 22.8 Å². The number of anilines is 1. The Morgan fingerprint density at radius 2 is 1.76 bits per heavy atom. The van der Waals surface area contributed by atoms with Gasteiger partial charge in [0.05, 0.1) is 24.1 Å². The maximum Gasteiger partial charge on any atom is 0.340 e. The first-order valence-corrected chi connectivity index (χ1v) is 9.27. The van der Waals surface area contributed by atoms with E-state index in [1.165, 1.54) is 18.2 Å². The van der Waals surface area contributed by atoms with Crippen molar-refractivity contribution >= 4 is 33.5 Å². The molecule has 0 fully saturated rings. The summed E-state index contributed by atoms with van der Waals surface area (Å²) in [5.41, 5.74) is 0.0185. The number of nitrogens with one attached hydrogen (secondary N) is 3. The lowest BCUT2D eigenvalue weighted by Crippen LogP contribution is -2.41. The molecular formula is C15H21N3O6S. The predicted octanol–water partition coefficient (Wildman–Crippen LogP) is -0.144. The van der Waals surface area contributed by atoms with Crippen molar-refractivity contribution in [2.75, 3.05) is 24.1 Å². The van der Waals surface area contributed by atoms with Crippen molar-refractivity contribution in [1.29, 1.82) is 0 Å². The fourth-order valence-corrected chi connectivity index (χ4v) is 2.34. The van der Waals surface area contributed by atoms with Gasteiger partial charge >= 0.3 is 5.97 Å². The molecule has 3 N–H and O–H groups in total. The molecule has 1 aromatic carbocycles. The molecule has 0 spiro atoms. The van der Waals surface area contributed by atoms with Crippen molar-refractivity contribution in [3.8, 4) is 0 Å². The van der Waals surface area contributed by atoms with E-state index in [-0.39, 0.29) is 29.7 Å². The van der Waals surface area contributed by atoms with Gasteiger partial charge in [-0.3, -0.25) is 14.3 Å². The van der Waals surface area contributed by atoms with Crippen molar-refractivity contribution in [3.63, 3.8) is 0 Å². The van der Waals surface area contributed by atoms with Crippen LogP contribution in [-0.2, 0) is 24.3 Å². The van der Waals surface area contributed by atoms with Crippen LogP contribution in [0.3, 0.4) is 0 Å². The molecule has 0 aliphatic rings. The van der Waals surface area contributed by atoms with Gasteiger partial charge in [0.2, 0.25) is 15.9 Å². The number of ether oxygens (including phenoxy) is 1. The normalized spacial score (nSPS) is 10.9. The third-order valence-electron chi connectivity index (χ3n) is 2.67. The van der Waals surface area contributed by atoms with Gasteiger partial charge in [-0.25, -0.2) is 13.2 Å². The number of carbonyl (C=O) groups excluding carboxylic acids is 3. The Balaban J connectivity index is 2.57. The van der Waals surface area contributed by atoms with Gasteiger partial charge in [0.15, 0.2) is 6.61 Å². The number of hydrogen-bond acceptors (Lipinski definition) is 6. The molecule has 0 aliphatic carbocycles. The number of carbonyl (C=O) groups is 3. The van der Waals surface area contributed by atoms with E-state index in [4.69, 9.17) is 4.74 Å². The highest BCUT2D eigenvalue weighted by molar-refractivity contribution is 7.92. The molecule has 2 amide bonds. The number of amides is 2. The Morgan fingerprint density at radius 1 is 1.12 bits per heavy atom. The van der Waals surface area contributed by atoms with Crippen molar-refractivity contribution in [2.24, 2.45) is 0 Å². The van der Waals surface area contributed by atoms with Gasteiger partial charge < -0.3 is 15.4 Å². The van der Waals surface area contributed by atoms with Crippen LogP contribution in [-0.4, -0.2) is 51.7 Å². The number of benzene rings is 1. The Kier molecular flexibility index (Phi) is 7.37. The van der Waals surface area contributed by atoms with Crippen LogP contribution in [0.2, 0.25) is 0 Å². The standard InChI is InChI=1S/C15H21N3O6S/c1-10(2)17-13(19)8-16-14(20)9-24-15(21)11-6-4-5-7-12(11)18-25(3,22)23/h4-7,10,18H,8-9H2,1-3H3,(H,16,20)(H,17,19). The van der Waals surface area contributed by atoms with Gasteiger partial charge in [-0.05, 0) is 26.0 Å². The molecule has 9 nitrogen and oxygen atoms in total. The van der Waals surface area contributed by atoms with Gasteiger partial charge in [0.1, 0.15) is 0 Å². The van der Waals surface area contributed by atoms with Crippen LogP contribution in [0.25, 0.3) is 0 Å². The van der Waals surface area contributed by atoms with Gasteiger partial charge in [0.25, 0.3) is 5.91 Å². The quantitative estimate of drug-likeness (QED) is 0.545. The first-order valence-electron chi connectivity index (χ1n) is 7.38. The van der Waals surface area contributed by atoms with E-state index in [2.05, 4.69) is 15.4 Å². The molecular weight excluding hydrogens is 350 g/mol. The minimum Gasteiger partial charge on any atom is -0.452 e. The van der Waals surface area contributed by atoms with Gasteiger partial charge in [-0.1, -0.05) is 12.1 Å². The summed E-state index contributed by atoms with van der Waals surface area (Å²) >= 11 is 0. The largest absolute Gasteiger partial charge is 0.452 e. The molecule has 0 saturated heterocycles. The van der Waals surface area contributed by atoms with Crippen LogP contribution in [0.15, 0.2) is 24.3 Å². The zero-order valence-corrected chi connectivity index (χ0v) is 15.0. The monoisotopic (exact) mass is 371 g/mol. The minimum atomic E-state index is -3.57. The predicted molar refractivity (Wildman–Crippen MR) is 91.5 cm³/mol. The summed E-state index contributed by atoms with van der Waals surface area (Å²) in [6.45, 7) is 2.73. The zero-order chi connectivity index (χ0) is 19.0. The molecule has 1 aromatic rings. The van der Waals surface area contributed by atoms with Crippen LogP contribution in [0.5, 0.6) is 0 Å². The molecule has 0 heterocycles. The Bertz CT molecular complexity index is 745. The molecule has 138 valence electrons. The van der Waals surface area contributed by atoms with Crippen LogP contribution in [0, 0.1) is 0 Å². The molecule has 0 aliphatic heterocycles. The second kappa shape index (κ2) is 9.02. The Morgan fingerprint density at radius 3 is 2.36 bits per heavy atom. The molecule has 0 unspecified atom stereocenters. The summed E-state index contributed by atoms with van der Waals surface area (Å²) in [4.78, 5) is 35.0. The van der Waals surface area contributed by atoms with Crippen molar-refractivity contribution in [3.05, 3.63) is 29.8 Å². The maximum atomic E-state index is 12.0. The Hall–Kier alpha value is -2.62. The smallest absolute Gasteiger partial charge is 0.340 e. The summed E-state index contributed by atoms with van der Waals surface area (Å²) in [6.07, 6.45) is 0.949. The highest BCUT2D eigenvalue weighted by Crippen LogP contribution is 2.17. The molecule has 0 radical (unpaired) electrons. The SMILES string of the molecule is CC(C)NC(=O)CNC(=O)COC(=O)c1ccccc1NS(C)(=O)=O. The van der Waals surface area contributed by atoms with Crippen LogP contribution in [0.1, 0.15) is 24.2 Å². The average molecular weight is 371 g/mol. The minimum absolute atomic E-state index is 0.0294. The van der Waals surface area contributed by atoms with E-state index >= 15 is 0 Å². The van der Waals surface area contributed by atoms with Crippen LogP contribution in [0.4, 0.5) is 5.69 Å². The molecule has 25 heavy (non-hydrogen) atoms. The van der Waals surface area contributed by atoms with E-state index in [1.54, 1.807) is 19.9 Å². The zero-order valence-electron chi connectivity index (χ0n) is 14.2. The summed E-state index contributed by atoms with van der Waals surface area (Å²) in [6, 6.07) is 5.78. The number of para-hydroxylation sites is 1. The topological polar surface area (TPSA) is 131 Å². The van der Waals surface area contributed by atoms with E-state index < -0.39 is 28.5 Å². The maximum absolute atomic E-state index is 12.0. The fraction of sp³-hybridized carbons (Fsp3) is 0.400. The number of esters is 1. The molecule has 10 heteroatoms. The van der Waals surface area contributed by atoms with E-state index in [1.807, 2.05) is 0 Å². The van der Waals surface area contributed by atoms with Gasteiger partial charge in [-0.2, -0.15) is 0 Å². The van der Waals surface area contributed by atoms with Crippen LogP contribution < -0.4 is 15.4 Å². The fourth-order valence-electron chi connectivity index (χ4n) is 1.76. The third kappa shape index (κ3) is 8.15. The van der Waals surface area contributed by atoms with E-state index in [0.717, 1.165) is 6.26 Å². The average Bonchev–Trinajstić information content (AvgIpc) is 2.49. The lowest BCUT2D eigenvalue weighted by molar-refractivity contribution is -0.128. The van der Waals surface area contributed by atoms with Crippen molar-refractivity contribution in [2.45, 2.75) is 19.9 Å². The van der Waals surface area contributed by atoms with Gasteiger partial charge in [-0.15, -0.1) is 0 Å². The second-order valence-electron chi connectivity index (χ2n) is 5.49. The highest BCUT2D eigenvalue weighted by atomic mass is 32.2.